The first-order valence-electron chi connectivity index (χ1n) is 7.46. The van der Waals surface area contributed by atoms with Crippen LogP contribution in [-0.2, 0) is 6.42 Å². The van der Waals surface area contributed by atoms with E-state index in [1.54, 1.807) is 0 Å². The van der Waals surface area contributed by atoms with Crippen molar-refractivity contribution in [3.63, 3.8) is 0 Å². The Morgan fingerprint density at radius 3 is 2.10 bits per heavy atom. The maximum absolute atomic E-state index is 2.54. The molecule has 1 fully saturated rings. The van der Waals surface area contributed by atoms with Gasteiger partial charge in [0.05, 0.1) is 0 Å². The van der Waals surface area contributed by atoms with Crippen LogP contribution in [0, 0.1) is 0 Å². The second-order valence-electron chi connectivity index (χ2n) is 5.40. The summed E-state index contributed by atoms with van der Waals surface area (Å²) in [6.45, 7) is 2.40. The van der Waals surface area contributed by atoms with Crippen molar-refractivity contribution in [1.29, 1.82) is 0 Å². The number of hydrogen-bond acceptors (Lipinski definition) is 1. The fourth-order valence-corrected chi connectivity index (χ4v) is 2.81. The summed E-state index contributed by atoms with van der Waals surface area (Å²) in [6, 6.07) is 21.4. The Morgan fingerprint density at radius 1 is 0.850 bits per heavy atom. The number of benzene rings is 2. The van der Waals surface area contributed by atoms with E-state index in [-0.39, 0.29) is 0 Å². The lowest BCUT2D eigenvalue weighted by molar-refractivity contribution is 0.420. The largest absolute Gasteiger partial charge is 0.375 e. The highest BCUT2D eigenvalue weighted by Gasteiger charge is 2.15. The smallest absolute Gasteiger partial charge is 0.0183 e. The van der Waals surface area contributed by atoms with Crippen LogP contribution < -0.4 is 0 Å². The minimum Gasteiger partial charge on any atom is -0.375 e. The zero-order valence-electron chi connectivity index (χ0n) is 11.8. The van der Waals surface area contributed by atoms with Gasteiger partial charge in [0, 0.05) is 25.2 Å². The van der Waals surface area contributed by atoms with Gasteiger partial charge in [-0.3, -0.25) is 0 Å². The molecule has 0 aromatic heterocycles. The predicted molar refractivity (Wildman–Crippen MR) is 85.4 cm³/mol. The maximum atomic E-state index is 2.54. The molecule has 1 nitrogen and oxygen atoms in total. The molecule has 0 aliphatic carbocycles. The average molecular weight is 263 g/mol. The van der Waals surface area contributed by atoms with Gasteiger partial charge in [0.2, 0.25) is 0 Å². The summed E-state index contributed by atoms with van der Waals surface area (Å²) in [4.78, 5) is 2.54. The number of hydrogen-bond donors (Lipinski definition) is 0. The van der Waals surface area contributed by atoms with E-state index in [1.807, 2.05) is 0 Å². The van der Waals surface area contributed by atoms with Gasteiger partial charge in [-0.1, -0.05) is 60.7 Å². The van der Waals surface area contributed by atoms with Crippen LogP contribution >= 0.6 is 0 Å². The Balaban J connectivity index is 1.86. The summed E-state index contributed by atoms with van der Waals surface area (Å²) in [5.74, 6) is 0. The van der Waals surface area contributed by atoms with Gasteiger partial charge in [-0.05, 0) is 30.0 Å². The predicted octanol–water partition coefficient (Wildman–Crippen LogP) is 4.37. The first-order valence-corrected chi connectivity index (χ1v) is 7.46. The summed E-state index contributed by atoms with van der Waals surface area (Å²) >= 11 is 0. The highest BCUT2D eigenvalue weighted by molar-refractivity contribution is 5.53. The summed E-state index contributed by atoms with van der Waals surface area (Å²) in [5.41, 5.74) is 4.13. The molecule has 0 spiro atoms. The van der Waals surface area contributed by atoms with Crippen molar-refractivity contribution in [3.8, 4) is 0 Å². The topological polar surface area (TPSA) is 3.24 Å². The van der Waals surface area contributed by atoms with E-state index in [0.717, 1.165) is 6.42 Å². The lowest BCUT2D eigenvalue weighted by Crippen LogP contribution is -2.20. The standard InChI is InChI=1S/C19H21N/c1-3-9-17(10-4-1)15-19(20-13-7-8-14-20)16-18-11-5-2-6-12-18/h1-6,9-12,15H,7-8,13-14,16H2/b19-15+. The fraction of sp³-hybridized carbons (Fsp3) is 0.263. The van der Waals surface area contributed by atoms with Gasteiger partial charge < -0.3 is 4.90 Å². The van der Waals surface area contributed by atoms with Crippen LogP contribution in [0.1, 0.15) is 24.0 Å². The molecule has 102 valence electrons. The molecule has 1 aliphatic rings. The first-order chi connectivity index (χ1) is 9.92. The van der Waals surface area contributed by atoms with Crippen LogP contribution in [-0.4, -0.2) is 18.0 Å². The summed E-state index contributed by atoms with van der Waals surface area (Å²) in [6.07, 6.45) is 6.01. The van der Waals surface area contributed by atoms with E-state index < -0.39 is 0 Å². The maximum Gasteiger partial charge on any atom is 0.0183 e. The SMILES string of the molecule is C(=C(/Cc1ccccc1)N1CCCC1)/c1ccccc1. The Hall–Kier alpha value is -2.02. The molecule has 0 atom stereocenters. The van der Waals surface area contributed by atoms with E-state index in [4.69, 9.17) is 0 Å². The summed E-state index contributed by atoms with van der Waals surface area (Å²) < 4.78 is 0. The summed E-state index contributed by atoms with van der Waals surface area (Å²) in [7, 11) is 0. The normalized spacial score (nSPS) is 15.6. The second-order valence-corrected chi connectivity index (χ2v) is 5.40. The summed E-state index contributed by atoms with van der Waals surface area (Å²) in [5, 5.41) is 0. The Morgan fingerprint density at radius 2 is 1.45 bits per heavy atom. The third kappa shape index (κ3) is 3.30. The van der Waals surface area contributed by atoms with E-state index in [2.05, 4.69) is 71.6 Å². The number of nitrogens with zero attached hydrogens (tertiary/aromatic N) is 1. The van der Waals surface area contributed by atoms with Gasteiger partial charge in [0.1, 0.15) is 0 Å². The van der Waals surface area contributed by atoms with Crippen LogP contribution in [0.2, 0.25) is 0 Å². The lowest BCUT2D eigenvalue weighted by atomic mass is 10.1. The Kier molecular flexibility index (Phi) is 4.17. The van der Waals surface area contributed by atoms with E-state index in [9.17, 15) is 0 Å². The van der Waals surface area contributed by atoms with Gasteiger partial charge in [-0.15, -0.1) is 0 Å². The number of allylic oxidation sites excluding steroid dienone is 1. The van der Waals surface area contributed by atoms with Crippen LogP contribution in [0.15, 0.2) is 66.4 Å². The molecular formula is C19H21N. The minimum absolute atomic E-state index is 1.02. The molecule has 0 radical (unpaired) electrons. The van der Waals surface area contributed by atoms with Crippen LogP contribution in [0.4, 0.5) is 0 Å². The van der Waals surface area contributed by atoms with E-state index in [1.165, 1.54) is 42.8 Å². The molecule has 1 heteroatoms. The molecule has 1 aliphatic heterocycles. The second kappa shape index (κ2) is 6.42. The molecule has 0 saturated carbocycles. The molecule has 2 aromatic carbocycles. The molecule has 0 amide bonds. The average Bonchev–Trinajstić information content (AvgIpc) is 3.03. The van der Waals surface area contributed by atoms with Gasteiger partial charge in [0.25, 0.3) is 0 Å². The van der Waals surface area contributed by atoms with Crippen molar-refractivity contribution in [1.82, 2.24) is 4.90 Å². The zero-order valence-corrected chi connectivity index (χ0v) is 11.8. The lowest BCUT2D eigenvalue weighted by Gasteiger charge is -2.22. The molecule has 20 heavy (non-hydrogen) atoms. The number of likely N-dealkylation sites (tertiary alicyclic amines) is 1. The quantitative estimate of drug-likeness (QED) is 0.792. The highest BCUT2D eigenvalue weighted by Crippen LogP contribution is 2.21. The minimum atomic E-state index is 1.02. The van der Waals surface area contributed by atoms with Crippen LogP contribution in [0.25, 0.3) is 6.08 Å². The van der Waals surface area contributed by atoms with Crippen molar-refractivity contribution < 1.29 is 0 Å². The van der Waals surface area contributed by atoms with Gasteiger partial charge in [-0.2, -0.15) is 0 Å². The molecule has 0 unspecified atom stereocenters. The van der Waals surface area contributed by atoms with Crippen molar-refractivity contribution >= 4 is 6.08 Å². The van der Waals surface area contributed by atoms with E-state index in [0.29, 0.717) is 0 Å². The van der Waals surface area contributed by atoms with Gasteiger partial charge >= 0.3 is 0 Å². The fourth-order valence-electron chi connectivity index (χ4n) is 2.81. The molecule has 0 N–H and O–H groups in total. The zero-order chi connectivity index (χ0) is 13.6. The van der Waals surface area contributed by atoms with E-state index >= 15 is 0 Å². The third-order valence-electron chi connectivity index (χ3n) is 3.87. The van der Waals surface area contributed by atoms with Crippen LogP contribution in [0.5, 0.6) is 0 Å². The Labute approximate surface area is 121 Å². The molecule has 2 aromatic rings. The molecule has 0 bridgehead atoms. The first kappa shape index (κ1) is 13.0. The molecule has 1 heterocycles. The highest BCUT2D eigenvalue weighted by atomic mass is 15.1. The number of rotatable bonds is 4. The molecular weight excluding hydrogens is 242 g/mol. The van der Waals surface area contributed by atoms with Gasteiger partial charge in [0.15, 0.2) is 0 Å². The third-order valence-corrected chi connectivity index (χ3v) is 3.87. The van der Waals surface area contributed by atoms with Crippen molar-refractivity contribution in [2.45, 2.75) is 19.3 Å². The van der Waals surface area contributed by atoms with Crippen molar-refractivity contribution in [3.05, 3.63) is 77.5 Å². The van der Waals surface area contributed by atoms with Gasteiger partial charge in [-0.25, -0.2) is 0 Å². The molecule has 1 saturated heterocycles. The van der Waals surface area contributed by atoms with Crippen molar-refractivity contribution in [2.24, 2.45) is 0 Å². The van der Waals surface area contributed by atoms with Crippen molar-refractivity contribution in [2.75, 3.05) is 13.1 Å². The monoisotopic (exact) mass is 263 g/mol. The van der Waals surface area contributed by atoms with Crippen LogP contribution in [0.3, 0.4) is 0 Å². The molecule has 3 rings (SSSR count). The Bertz CT molecular complexity index is 551.